The first-order chi connectivity index (χ1) is 15.5. The van der Waals surface area contributed by atoms with E-state index in [1.165, 1.54) is 30.3 Å². The lowest BCUT2D eigenvalue weighted by Crippen LogP contribution is -2.35. The van der Waals surface area contributed by atoms with Gasteiger partial charge < -0.3 is 4.74 Å². The first-order valence-corrected chi connectivity index (χ1v) is 10.5. The summed E-state index contributed by atoms with van der Waals surface area (Å²) in [4.78, 5) is 30.7. The molecule has 0 fully saturated rings. The number of esters is 1. The molecule has 9 nitrogen and oxygen atoms in total. The number of sulfonamides is 1. The van der Waals surface area contributed by atoms with E-state index in [-0.39, 0.29) is 11.3 Å². The highest BCUT2D eigenvalue weighted by molar-refractivity contribution is 7.90. The monoisotopic (exact) mass is 480 g/mol. The van der Waals surface area contributed by atoms with Gasteiger partial charge >= 0.3 is 18.2 Å². The predicted molar refractivity (Wildman–Crippen MR) is 110 cm³/mol. The molecule has 0 atom stereocenters. The van der Waals surface area contributed by atoms with Gasteiger partial charge in [-0.1, -0.05) is 42.5 Å². The smallest absolute Gasteiger partial charge is 0.433 e. The summed E-state index contributed by atoms with van der Waals surface area (Å²) < 4.78 is 71.2. The summed E-state index contributed by atoms with van der Waals surface area (Å²) in [5.41, 5.74) is -1.52. The molecule has 0 bridgehead atoms. The first-order valence-electron chi connectivity index (χ1n) is 9.04. The minimum Gasteiger partial charge on any atom is -0.465 e. The molecule has 2 N–H and O–H groups in total. The van der Waals surface area contributed by atoms with Gasteiger partial charge in [0.2, 0.25) is 5.95 Å². The second-order valence-electron chi connectivity index (χ2n) is 6.37. The molecule has 0 saturated heterocycles. The van der Waals surface area contributed by atoms with Gasteiger partial charge in [-0.15, -0.1) is 0 Å². The van der Waals surface area contributed by atoms with Gasteiger partial charge in [0.05, 0.1) is 18.4 Å². The Morgan fingerprint density at radius 1 is 0.970 bits per heavy atom. The van der Waals surface area contributed by atoms with Crippen molar-refractivity contribution in [1.82, 2.24) is 14.7 Å². The van der Waals surface area contributed by atoms with Crippen molar-refractivity contribution in [3.63, 3.8) is 0 Å². The van der Waals surface area contributed by atoms with Crippen molar-refractivity contribution >= 4 is 28.0 Å². The maximum atomic E-state index is 13.3. The van der Waals surface area contributed by atoms with Gasteiger partial charge in [-0.3, -0.25) is 5.32 Å². The summed E-state index contributed by atoms with van der Waals surface area (Å²) in [5.74, 6) is -1.75. The summed E-state index contributed by atoms with van der Waals surface area (Å²) in [6.45, 7) is 0. The number of carbonyl (C=O) groups is 2. The van der Waals surface area contributed by atoms with Crippen molar-refractivity contribution in [3.05, 3.63) is 71.9 Å². The number of ether oxygens (including phenoxy) is 1. The summed E-state index contributed by atoms with van der Waals surface area (Å²) in [6, 6.07) is 12.0. The highest BCUT2D eigenvalue weighted by atomic mass is 32.2. The Bertz CT molecular complexity index is 1300. The number of aromatic nitrogens is 2. The van der Waals surface area contributed by atoms with Crippen LogP contribution in [0.1, 0.15) is 16.1 Å². The molecule has 0 aliphatic carbocycles. The molecule has 1 heterocycles. The van der Waals surface area contributed by atoms with Gasteiger partial charge in [0.1, 0.15) is 4.90 Å². The van der Waals surface area contributed by atoms with E-state index in [1.807, 2.05) is 5.32 Å². The van der Waals surface area contributed by atoms with Crippen molar-refractivity contribution in [2.24, 2.45) is 0 Å². The number of nitrogens with one attached hydrogen (secondary N) is 2. The van der Waals surface area contributed by atoms with Crippen LogP contribution in [0.5, 0.6) is 0 Å². The summed E-state index contributed by atoms with van der Waals surface area (Å²) in [6.07, 6.45) is -4.86. The number of hydrogen-bond donors (Lipinski definition) is 2. The van der Waals surface area contributed by atoms with Gasteiger partial charge in [-0.25, -0.2) is 32.7 Å². The molecule has 1 aromatic heterocycles. The molecule has 13 heteroatoms. The number of anilines is 1. The zero-order valence-electron chi connectivity index (χ0n) is 16.8. The number of halogens is 3. The van der Waals surface area contributed by atoms with Crippen LogP contribution >= 0.6 is 0 Å². The van der Waals surface area contributed by atoms with Crippen molar-refractivity contribution in [2.45, 2.75) is 11.1 Å². The number of benzene rings is 2. The Labute approximate surface area is 185 Å². The highest BCUT2D eigenvalue weighted by Crippen LogP contribution is 2.31. The molecule has 0 aliphatic heterocycles. The van der Waals surface area contributed by atoms with Crippen LogP contribution in [-0.2, 0) is 20.9 Å². The highest BCUT2D eigenvalue weighted by Gasteiger charge is 2.34. The predicted octanol–water partition coefficient (Wildman–Crippen LogP) is 3.46. The van der Waals surface area contributed by atoms with E-state index in [9.17, 15) is 31.2 Å². The van der Waals surface area contributed by atoms with Crippen molar-refractivity contribution < 1.29 is 35.9 Å². The quantitative estimate of drug-likeness (QED) is 0.536. The standard InChI is InChI=1S/C20H15F3N4O5S/c1-32-17(28)13-9-5-6-10-15(13)33(30,31)27-19(29)26-18-24-14(12-7-3-2-4-8-12)11-16(25-18)20(21,22)23/h2-11H,1H3,(H2,24,25,26,27,29). The molecule has 0 radical (unpaired) electrons. The van der Waals surface area contributed by atoms with E-state index in [4.69, 9.17) is 0 Å². The van der Waals surface area contributed by atoms with Gasteiger partial charge in [-0.05, 0) is 18.2 Å². The third-order valence-electron chi connectivity index (χ3n) is 4.12. The SMILES string of the molecule is COC(=O)c1ccccc1S(=O)(=O)NC(=O)Nc1nc(-c2ccccc2)cc(C(F)(F)F)n1. The molecule has 0 unspecified atom stereocenters. The lowest BCUT2D eigenvalue weighted by Gasteiger charge is -2.13. The number of carbonyl (C=O) groups excluding carboxylic acids is 2. The minimum atomic E-state index is -4.86. The Hall–Kier alpha value is -4.00. The second kappa shape index (κ2) is 9.24. The Balaban J connectivity index is 1.91. The molecular weight excluding hydrogens is 465 g/mol. The fourth-order valence-electron chi connectivity index (χ4n) is 2.69. The minimum absolute atomic E-state index is 0.146. The molecule has 0 saturated carbocycles. The number of methoxy groups -OCH3 is 1. The maximum Gasteiger partial charge on any atom is 0.433 e. The fourth-order valence-corrected chi connectivity index (χ4v) is 3.79. The molecule has 172 valence electrons. The number of amides is 2. The van der Waals surface area contributed by atoms with Crippen LogP contribution in [0.25, 0.3) is 11.3 Å². The zero-order valence-corrected chi connectivity index (χ0v) is 17.6. The lowest BCUT2D eigenvalue weighted by molar-refractivity contribution is -0.141. The van der Waals surface area contributed by atoms with Crippen molar-refractivity contribution in [1.29, 1.82) is 0 Å². The van der Waals surface area contributed by atoms with E-state index in [2.05, 4.69) is 14.7 Å². The fraction of sp³-hybridized carbons (Fsp3) is 0.100. The second-order valence-corrected chi connectivity index (χ2v) is 8.02. The average Bonchev–Trinajstić information content (AvgIpc) is 2.78. The molecule has 33 heavy (non-hydrogen) atoms. The van der Waals surface area contributed by atoms with E-state index in [0.717, 1.165) is 13.2 Å². The van der Waals surface area contributed by atoms with Crippen LogP contribution in [0.4, 0.5) is 23.9 Å². The third kappa shape index (κ3) is 5.63. The Morgan fingerprint density at radius 2 is 1.61 bits per heavy atom. The number of alkyl halides is 3. The van der Waals surface area contributed by atoms with Crippen LogP contribution in [0.2, 0.25) is 0 Å². The largest absolute Gasteiger partial charge is 0.465 e. The van der Waals surface area contributed by atoms with Gasteiger partial charge in [-0.2, -0.15) is 13.2 Å². The van der Waals surface area contributed by atoms with Crippen molar-refractivity contribution in [3.8, 4) is 11.3 Å². The van der Waals surface area contributed by atoms with E-state index >= 15 is 0 Å². The Kier molecular flexibility index (Phi) is 6.62. The van der Waals surface area contributed by atoms with E-state index < -0.39 is 44.7 Å². The van der Waals surface area contributed by atoms with Crippen LogP contribution in [0.3, 0.4) is 0 Å². The van der Waals surface area contributed by atoms with Crippen LogP contribution in [0.15, 0.2) is 65.6 Å². The number of nitrogens with zero attached hydrogens (tertiary/aromatic N) is 2. The van der Waals surface area contributed by atoms with Crippen LogP contribution in [0, 0.1) is 0 Å². The lowest BCUT2D eigenvalue weighted by atomic mass is 10.1. The van der Waals surface area contributed by atoms with Crippen LogP contribution in [-0.4, -0.2) is 37.5 Å². The van der Waals surface area contributed by atoms with Crippen molar-refractivity contribution in [2.75, 3.05) is 12.4 Å². The van der Waals surface area contributed by atoms with Crippen LogP contribution < -0.4 is 10.0 Å². The molecular formula is C20H15F3N4O5S. The summed E-state index contributed by atoms with van der Waals surface area (Å²) >= 11 is 0. The van der Waals surface area contributed by atoms with E-state index in [0.29, 0.717) is 11.6 Å². The van der Waals surface area contributed by atoms with Gasteiger partial charge in [0.25, 0.3) is 10.0 Å². The zero-order chi connectivity index (χ0) is 24.2. The molecule has 0 aliphatic rings. The number of hydrogen-bond acceptors (Lipinski definition) is 7. The normalized spacial score (nSPS) is 11.5. The molecule has 2 aromatic carbocycles. The molecule has 3 aromatic rings. The first kappa shape index (κ1) is 23.7. The van der Waals surface area contributed by atoms with Gasteiger partial charge in [0, 0.05) is 5.56 Å². The Morgan fingerprint density at radius 3 is 2.24 bits per heavy atom. The summed E-state index contributed by atoms with van der Waals surface area (Å²) in [5, 5.41) is 1.89. The molecule has 0 spiro atoms. The average molecular weight is 480 g/mol. The third-order valence-corrected chi connectivity index (χ3v) is 5.51. The maximum absolute atomic E-state index is 13.3. The topological polar surface area (TPSA) is 127 Å². The summed E-state index contributed by atoms with van der Waals surface area (Å²) in [7, 11) is -3.56. The van der Waals surface area contributed by atoms with E-state index in [1.54, 1.807) is 22.9 Å². The molecule has 3 rings (SSSR count). The number of rotatable bonds is 5. The molecule has 2 amide bonds. The van der Waals surface area contributed by atoms with Gasteiger partial charge in [0.15, 0.2) is 5.69 Å². The number of urea groups is 1.